The highest BCUT2D eigenvalue weighted by Gasteiger charge is 2.28. The van der Waals surface area contributed by atoms with Gasteiger partial charge in [0.15, 0.2) is 0 Å². The summed E-state index contributed by atoms with van der Waals surface area (Å²) in [6.07, 6.45) is 6.77. The molecule has 0 spiro atoms. The van der Waals surface area contributed by atoms with Crippen molar-refractivity contribution in [1.82, 2.24) is 9.62 Å². The lowest BCUT2D eigenvalue weighted by atomic mass is 10.1. The van der Waals surface area contributed by atoms with E-state index in [-0.39, 0.29) is 0 Å². The second-order valence-electron chi connectivity index (χ2n) is 5.94. The van der Waals surface area contributed by atoms with Crippen LogP contribution in [0.1, 0.15) is 40.0 Å². The molecule has 0 saturated carbocycles. The second kappa shape index (κ2) is 7.41. The molecule has 0 unspecified atom stereocenters. The van der Waals surface area contributed by atoms with Crippen molar-refractivity contribution in [3.8, 4) is 0 Å². The van der Waals surface area contributed by atoms with E-state index < -0.39 is 10.0 Å². The standard InChI is InChI=1S/C14H28N2O2S/c1-12(2)6-5-7-13(3)15-10-14-8-9-16(11-14)19(4,17)18/h6,13-15H,5,7-11H2,1-4H3/t13-,14+/m1/s1. The number of rotatable bonds is 7. The number of sulfonamides is 1. The Kier molecular flexibility index (Phi) is 6.50. The van der Waals surface area contributed by atoms with Crippen LogP contribution in [-0.2, 0) is 10.0 Å². The highest BCUT2D eigenvalue weighted by Crippen LogP contribution is 2.18. The van der Waals surface area contributed by atoms with Crippen LogP contribution in [0.25, 0.3) is 0 Å². The number of hydrogen-bond donors (Lipinski definition) is 1. The molecule has 0 aromatic heterocycles. The summed E-state index contributed by atoms with van der Waals surface area (Å²) in [5, 5.41) is 3.52. The topological polar surface area (TPSA) is 49.4 Å². The molecule has 1 saturated heterocycles. The van der Waals surface area contributed by atoms with Gasteiger partial charge in [0.25, 0.3) is 0 Å². The molecular formula is C14H28N2O2S. The van der Waals surface area contributed by atoms with E-state index >= 15 is 0 Å². The van der Waals surface area contributed by atoms with Crippen LogP contribution in [0.4, 0.5) is 0 Å². The number of allylic oxidation sites excluding steroid dienone is 2. The predicted octanol–water partition coefficient (Wildman–Crippen LogP) is 1.99. The van der Waals surface area contributed by atoms with Crippen molar-refractivity contribution in [1.29, 1.82) is 0 Å². The Hall–Kier alpha value is -0.390. The molecule has 19 heavy (non-hydrogen) atoms. The van der Waals surface area contributed by atoms with Gasteiger partial charge in [-0.2, -0.15) is 0 Å². The van der Waals surface area contributed by atoms with E-state index in [9.17, 15) is 8.42 Å². The summed E-state index contributed by atoms with van der Waals surface area (Å²) in [6.45, 7) is 8.71. The third-order valence-electron chi connectivity index (χ3n) is 3.62. The van der Waals surface area contributed by atoms with Gasteiger partial charge in [-0.25, -0.2) is 12.7 Å². The summed E-state index contributed by atoms with van der Waals surface area (Å²) in [5.74, 6) is 0.459. The normalized spacial score (nSPS) is 22.4. The Morgan fingerprint density at radius 3 is 2.68 bits per heavy atom. The van der Waals surface area contributed by atoms with E-state index in [1.807, 2.05) is 0 Å². The van der Waals surface area contributed by atoms with Crippen molar-refractivity contribution in [2.75, 3.05) is 25.9 Å². The lowest BCUT2D eigenvalue weighted by Crippen LogP contribution is -2.33. The first-order valence-corrected chi connectivity index (χ1v) is 8.95. The lowest BCUT2D eigenvalue weighted by Gasteiger charge is -2.17. The molecule has 1 aliphatic rings. The van der Waals surface area contributed by atoms with E-state index in [0.29, 0.717) is 25.0 Å². The van der Waals surface area contributed by atoms with Gasteiger partial charge >= 0.3 is 0 Å². The summed E-state index contributed by atoms with van der Waals surface area (Å²) in [7, 11) is -3.00. The Morgan fingerprint density at radius 1 is 1.47 bits per heavy atom. The quantitative estimate of drug-likeness (QED) is 0.729. The molecule has 4 nitrogen and oxygen atoms in total. The minimum Gasteiger partial charge on any atom is -0.314 e. The van der Waals surface area contributed by atoms with Gasteiger partial charge in [0.05, 0.1) is 6.26 Å². The van der Waals surface area contributed by atoms with E-state index in [4.69, 9.17) is 0 Å². The highest BCUT2D eigenvalue weighted by molar-refractivity contribution is 7.88. The van der Waals surface area contributed by atoms with Crippen molar-refractivity contribution in [2.45, 2.75) is 46.1 Å². The molecule has 0 aliphatic carbocycles. The lowest BCUT2D eigenvalue weighted by molar-refractivity contribution is 0.421. The predicted molar refractivity (Wildman–Crippen MR) is 80.7 cm³/mol. The maximum absolute atomic E-state index is 11.4. The zero-order chi connectivity index (χ0) is 14.5. The Bertz CT molecular complexity index is 400. The average Bonchev–Trinajstić information content (AvgIpc) is 2.74. The first-order chi connectivity index (χ1) is 8.79. The van der Waals surface area contributed by atoms with Crippen LogP contribution in [-0.4, -0.2) is 44.7 Å². The minimum atomic E-state index is -3.00. The summed E-state index contributed by atoms with van der Waals surface area (Å²) in [4.78, 5) is 0. The van der Waals surface area contributed by atoms with Gasteiger partial charge in [-0.05, 0) is 52.5 Å². The molecule has 0 amide bonds. The first-order valence-electron chi connectivity index (χ1n) is 7.11. The van der Waals surface area contributed by atoms with E-state index in [1.165, 1.54) is 11.8 Å². The Labute approximate surface area is 118 Å². The molecule has 1 fully saturated rings. The van der Waals surface area contributed by atoms with E-state index in [2.05, 4.69) is 32.2 Å². The van der Waals surface area contributed by atoms with Gasteiger partial charge in [-0.15, -0.1) is 0 Å². The van der Waals surface area contributed by atoms with Gasteiger partial charge in [-0.3, -0.25) is 0 Å². The molecule has 0 bridgehead atoms. The summed E-state index contributed by atoms with van der Waals surface area (Å²) >= 11 is 0. The van der Waals surface area contributed by atoms with Gasteiger partial charge in [-0.1, -0.05) is 11.6 Å². The molecule has 1 rings (SSSR count). The zero-order valence-corrected chi connectivity index (χ0v) is 13.5. The third kappa shape index (κ3) is 6.54. The number of nitrogens with one attached hydrogen (secondary N) is 1. The molecule has 0 radical (unpaired) electrons. The molecule has 0 aromatic carbocycles. The first kappa shape index (κ1) is 16.7. The molecular weight excluding hydrogens is 260 g/mol. The minimum absolute atomic E-state index is 0.459. The molecule has 112 valence electrons. The summed E-state index contributed by atoms with van der Waals surface area (Å²) in [5.41, 5.74) is 1.37. The van der Waals surface area contributed by atoms with Gasteiger partial charge in [0.2, 0.25) is 10.0 Å². The molecule has 1 heterocycles. The Balaban J connectivity index is 2.22. The van der Waals surface area contributed by atoms with Crippen molar-refractivity contribution in [2.24, 2.45) is 5.92 Å². The fourth-order valence-electron chi connectivity index (χ4n) is 2.36. The van der Waals surface area contributed by atoms with E-state index in [1.54, 1.807) is 4.31 Å². The van der Waals surface area contributed by atoms with Crippen molar-refractivity contribution >= 4 is 10.0 Å². The van der Waals surface area contributed by atoms with Crippen LogP contribution >= 0.6 is 0 Å². The molecule has 0 aromatic rings. The molecule has 2 atom stereocenters. The molecule has 1 N–H and O–H groups in total. The SMILES string of the molecule is CC(C)=CCC[C@@H](C)NC[C@@H]1CCN(S(C)(=O)=O)C1. The zero-order valence-electron chi connectivity index (χ0n) is 12.6. The fourth-order valence-corrected chi connectivity index (χ4v) is 3.28. The van der Waals surface area contributed by atoms with Gasteiger partial charge < -0.3 is 5.32 Å². The fraction of sp³-hybridized carbons (Fsp3) is 0.857. The van der Waals surface area contributed by atoms with Gasteiger partial charge in [0.1, 0.15) is 0 Å². The number of nitrogens with zero attached hydrogens (tertiary/aromatic N) is 1. The maximum atomic E-state index is 11.4. The highest BCUT2D eigenvalue weighted by atomic mass is 32.2. The van der Waals surface area contributed by atoms with Crippen LogP contribution in [0.5, 0.6) is 0 Å². The van der Waals surface area contributed by atoms with E-state index in [0.717, 1.165) is 25.8 Å². The molecule has 5 heteroatoms. The van der Waals surface area contributed by atoms with Crippen molar-refractivity contribution in [3.63, 3.8) is 0 Å². The maximum Gasteiger partial charge on any atom is 0.211 e. The third-order valence-corrected chi connectivity index (χ3v) is 4.89. The second-order valence-corrected chi connectivity index (χ2v) is 7.93. The van der Waals surface area contributed by atoms with Crippen molar-refractivity contribution < 1.29 is 8.42 Å². The Morgan fingerprint density at radius 2 is 2.16 bits per heavy atom. The summed E-state index contributed by atoms with van der Waals surface area (Å²) < 4.78 is 24.4. The van der Waals surface area contributed by atoms with Crippen LogP contribution in [0.3, 0.4) is 0 Å². The van der Waals surface area contributed by atoms with Crippen LogP contribution < -0.4 is 5.32 Å². The van der Waals surface area contributed by atoms with Crippen LogP contribution in [0.15, 0.2) is 11.6 Å². The molecule has 1 aliphatic heterocycles. The summed E-state index contributed by atoms with van der Waals surface area (Å²) in [6, 6.07) is 0.489. The van der Waals surface area contributed by atoms with Crippen LogP contribution in [0.2, 0.25) is 0 Å². The van der Waals surface area contributed by atoms with Gasteiger partial charge in [0, 0.05) is 19.1 Å². The van der Waals surface area contributed by atoms with Crippen molar-refractivity contribution in [3.05, 3.63) is 11.6 Å². The number of hydrogen-bond acceptors (Lipinski definition) is 3. The smallest absolute Gasteiger partial charge is 0.211 e. The largest absolute Gasteiger partial charge is 0.314 e. The van der Waals surface area contributed by atoms with Crippen LogP contribution in [0, 0.1) is 5.92 Å². The average molecular weight is 288 g/mol. The monoisotopic (exact) mass is 288 g/mol.